The third-order valence-electron chi connectivity index (χ3n) is 2.70. The van der Waals surface area contributed by atoms with Crippen molar-refractivity contribution in [1.82, 2.24) is 10.2 Å². The second-order valence-corrected chi connectivity index (χ2v) is 3.69. The van der Waals surface area contributed by atoms with Crippen LogP contribution in [0.5, 0.6) is 0 Å². The SMILES string of the molecule is CC1CCCc2nnc(CO)cc21. The van der Waals surface area contributed by atoms with Gasteiger partial charge in [-0.15, -0.1) is 0 Å². The van der Waals surface area contributed by atoms with Gasteiger partial charge in [-0.05, 0) is 36.8 Å². The Morgan fingerprint density at radius 1 is 1.54 bits per heavy atom. The minimum atomic E-state index is -0.00694. The molecule has 1 atom stereocenters. The van der Waals surface area contributed by atoms with Gasteiger partial charge in [-0.25, -0.2) is 0 Å². The molecule has 0 bridgehead atoms. The maximum atomic E-state index is 8.92. The number of aromatic nitrogens is 2. The van der Waals surface area contributed by atoms with E-state index in [9.17, 15) is 0 Å². The van der Waals surface area contributed by atoms with Gasteiger partial charge in [0.25, 0.3) is 0 Å². The summed E-state index contributed by atoms with van der Waals surface area (Å²) in [5.41, 5.74) is 3.09. The molecule has 0 fully saturated rings. The van der Waals surface area contributed by atoms with Crippen LogP contribution in [0.2, 0.25) is 0 Å². The summed E-state index contributed by atoms with van der Waals surface area (Å²) in [7, 11) is 0. The summed E-state index contributed by atoms with van der Waals surface area (Å²) in [6.07, 6.45) is 3.48. The highest BCUT2D eigenvalue weighted by atomic mass is 16.3. The zero-order chi connectivity index (χ0) is 9.26. The molecule has 3 heteroatoms. The van der Waals surface area contributed by atoms with Crippen molar-refractivity contribution in [2.24, 2.45) is 0 Å². The van der Waals surface area contributed by atoms with E-state index >= 15 is 0 Å². The summed E-state index contributed by atoms with van der Waals surface area (Å²) < 4.78 is 0. The van der Waals surface area contributed by atoms with E-state index < -0.39 is 0 Å². The Morgan fingerprint density at radius 3 is 3.15 bits per heavy atom. The molecular formula is C10H14N2O. The van der Waals surface area contributed by atoms with Gasteiger partial charge in [0.05, 0.1) is 18.0 Å². The van der Waals surface area contributed by atoms with E-state index in [-0.39, 0.29) is 6.61 Å². The van der Waals surface area contributed by atoms with E-state index in [4.69, 9.17) is 5.11 Å². The molecule has 1 unspecified atom stereocenters. The van der Waals surface area contributed by atoms with Crippen molar-refractivity contribution in [3.63, 3.8) is 0 Å². The molecule has 0 aliphatic heterocycles. The van der Waals surface area contributed by atoms with Gasteiger partial charge in [-0.3, -0.25) is 0 Å². The van der Waals surface area contributed by atoms with Crippen molar-refractivity contribution in [2.75, 3.05) is 0 Å². The van der Waals surface area contributed by atoms with E-state index in [1.807, 2.05) is 6.07 Å². The van der Waals surface area contributed by atoms with Crippen LogP contribution in [0.15, 0.2) is 6.07 Å². The number of aliphatic hydroxyl groups is 1. The first-order valence-electron chi connectivity index (χ1n) is 4.77. The zero-order valence-corrected chi connectivity index (χ0v) is 7.82. The quantitative estimate of drug-likeness (QED) is 0.707. The second kappa shape index (κ2) is 3.42. The van der Waals surface area contributed by atoms with Crippen LogP contribution in [0.25, 0.3) is 0 Å². The zero-order valence-electron chi connectivity index (χ0n) is 7.82. The minimum Gasteiger partial charge on any atom is -0.390 e. The fraction of sp³-hybridized carbons (Fsp3) is 0.600. The monoisotopic (exact) mass is 178 g/mol. The molecule has 0 spiro atoms. The summed E-state index contributed by atoms with van der Waals surface area (Å²) in [5, 5.41) is 17.0. The van der Waals surface area contributed by atoms with Crippen LogP contribution in [-0.2, 0) is 13.0 Å². The summed E-state index contributed by atoms with van der Waals surface area (Å²) in [6.45, 7) is 2.20. The van der Waals surface area contributed by atoms with Gasteiger partial charge < -0.3 is 5.11 Å². The fourth-order valence-electron chi connectivity index (χ4n) is 1.90. The number of aryl methyl sites for hydroxylation is 1. The van der Waals surface area contributed by atoms with Crippen LogP contribution in [0.3, 0.4) is 0 Å². The lowest BCUT2D eigenvalue weighted by molar-refractivity contribution is 0.274. The van der Waals surface area contributed by atoms with Crippen molar-refractivity contribution in [1.29, 1.82) is 0 Å². The average Bonchev–Trinajstić information content (AvgIpc) is 2.18. The Bertz CT molecular complexity index is 312. The molecule has 1 aromatic heterocycles. The van der Waals surface area contributed by atoms with Crippen LogP contribution >= 0.6 is 0 Å². The maximum Gasteiger partial charge on any atom is 0.0888 e. The summed E-state index contributed by atoms with van der Waals surface area (Å²) in [5.74, 6) is 0.574. The molecule has 1 N–H and O–H groups in total. The van der Waals surface area contributed by atoms with Crippen LogP contribution in [0.4, 0.5) is 0 Å². The number of rotatable bonds is 1. The van der Waals surface area contributed by atoms with Gasteiger partial charge in [0.2, 0.25) is 0 Å². The highest BCUT2D eigenvalue weighted by Gasteiger charge is 2.18. The first-order chi connectivity index (χ1) is 6.31. The van der Waals surface area contributed by atoms with Crippen LogP contribution < -0.4 is 0 Å². The molecule has 2 rings (SSSR count). The van der Waals surface area contributed by atoms with Gasteiger partial charge in [0.15, 0.2) is 0 Å². The molecule has 0 aromatic carbocycles. The molecule has 1 aliphatic rings. The Balaban J connectivity index is 2.41. The predicted octanol–water partition coefficient (Wildman–Crippen LogP) is 1.41. The van der Waals surface area contributed by atoms with E-state index in [0.29, 0.717) is 11.6 Å². The van der Waals surface area contributed by atoms with Crippen LogP contribution in [0.1, 0.15) is 42.6 Å². The minimum absolute atomic E-state index is 0.00694. The molecule has 1 aromatic rings. The molecular weight excluding hydrogens is 164 g/mol. The molecule has 1 heterocycles. The van der Waals surface area contributed by atoms with E-state index in [0.717, 1.165) is 12.1 Å². The van der Waals surface area contributed by atoms with Crippen molar-refractivity contribution in [2.45, 2.75) is 38.7 Å². The van der Waals surface area contributed by atoms with Crippen molar-refractivity contribution >= 4 is 0 Å². The summed E-state index contributed by atoms with van der Waals surface area (Å²) >= 11 is 0. The van der Waals surface area contributed by atoms with Crippen molar-refractivity contribution < 1.29 is 5.11 Å². The molecule has 13 heavy (non-hydrogen) atoms. The predicted molar refractivity (Wildman–Crippen MR) is 49.3 cm³/mol. The number of hydrogen-bond acceptors (Lipinski definition) is 3. The highest BCUT2D eigenvalue weighted by molar-refractivity contribution is 5.27. The Morgan fingerprint density at radius 2 is 2.38 bits per heavy atom. The first-order valence-corrected chi connectivity index (χ1v) is 4.77. The molecule has 0 saturated heterocycles. The number of aliphatic hydroxyl groups excluding tert-OH is 1. The third-order valence-corrected chi connectivity index (χ3v) is 2.70. The third kappa shape index (κ3) is 1.56. The molecule has 0 saturated carbocycles. The molecule has 1 aliphatic carbocycles. The number of fused-ring (bicyclic) bond motifs is 1. The van der Waals surface area contributed by atoms with Gasteiger partial charge in [0, 0.05) is 0 Å². The van der Waals surface area contributed by atoms with E-state index in [2.05, 4.69) is 17.1 Å². The number of nitrogens with zero attached hydrogens (tertiary/aromatic N) is 2. The summed E-state index contributed by atoms with van der Waals surface area (Å²) in [6, 6.07) is 1.99. The van der Waals surface area contributed by atoms with E-state index in [1.54, 1.807) is 0 Å². The van der Waals surface area contributed by atoms with E-state index in [1.165, 1.54) is 18.4 Å². The smallest absolute Gasteiger partial charge is 0.0888 e. The molecule has 0 radical (unpaired) electrons. The molecule has 0 amide bonds. The van der Waals surface area contributed by atoms with Gasteiger partial charge in [0.1, 0.15) is 0 Å². The normalized spacial score (nSPS) is 21.2. The lowest BCUT2D eigenvalue weighted by Crippen LogP contribution is -2.11. The second-order valence-electron chi connectivity index (χ2n) is 3.69. The Labute approximate surface area is 77.8 Å². The maximum absolute atomic E-state index is 8.92. The lowest BCUT2D eigenvalue weighted by Gasteiger charge is -2.20. The van der Waals surface area contributed by atoms with Crippen molar-refractivity contribution in [3.8, 4) is 0 Å². The Hall–Kier alpha value is -0.960. The average molecular weight is 178 g/mol. The fourth-order valence-corrected chi connectivity index (χ4v) is 1.90. The topological polar surface area (TPSA) is 46.0 Å². The summed E-state index contributed by atoms with van der Waals surface area (Å²) in [4.78, 5) is 0. The first kappa shape index (κ1) is 8.63. The van der Waals surface area contributed by atoms with Crippen molar-refractivity contribution in [3.05, 3.63) is 23.0 Å². The van der Waals surface area contributed by atoms with Crippen LogP contribution in [0, 0.1) is 0 Å². The lowest BCUT2D eigenvalue weighted by atomic mass is 9.87. The van der Waals surface area contributed by atoms with Gasteiger partial charge >= 0.3 is 0 Å². The van der Waals surface area contributed by atoms with Gasteiger partial charge in [-0.2, -0.15) is 10.2 Å². The van der Waals surface area contributed by atoms with Crippen LogP contribution in [-0.4, -0.2) is 15.3 Å². The van der Waals surface area contributed by atoms with Gasteiger partial charge in [-0.1, -0.05) is 6.92 Å². The number of hydrogen-bond donors (Lipinski definition) is 1. The standard InChI is InChI=1S/C10H14N2O/c1-7-3-2-4-10-9(7)5-8(6-13)11-12-10/h5,7,13H,2-4,6H2,1H3. The largest absolute Gasteiger partial charge is 0.390 e. The molecule has 3 nitrogen and oxygen atoms in total. The Kier molecular flexibility index (Phi) is 2.27. The molecule has 70 valence electrons. The highest BCUT2D eigenvalue weighted by Crippen LogP contribution is 2.29.